The van der Waals surface area contributed by atoms with Gasteiger partial charge in [-0.3, -0.25) is 4.79 Å². The number of nitrogens with one attached hydrogen (secondary N) is 1. The standard InChI is InChI=1S/C15H13Cl3N4O/c1-8(9-5-3-2-4-6-9)7-20-22-15(23)13-10(16)12(19)11(17)14(18)21-13/h2-8H,1H3,(H2,19,21)(H,22,23)/b20-7-/t8-/m0/s1. The van der Waals surface area contributed by atoms with E-state index in [1.165, 1.54) is 0 Å². The number of hydrogen-bond acceptors (Lipinski definition) is 4. The highest BCUT2D eigenvalue weighted by Gasteiger charge is 2.19. The molecule has 0 saturated carbocycles. The van der Waals surface area contributed by atoms with Crippen LogP contribution in [-0.2, 0) is 0 Å². The smallest absolute Gasteiger partial charge is 0.291 e. The summed E-state index contributed by atoms with van der Waals surface area (Å²) in [6.07, 6.45) is 1.60. The Kier molecular flexibility index (Phi) is 5.82. The van der Waals surface area contributed by atoms with Crippen LogP contribution < -0.4 is 11.2 Å². The van der Waals surface area contributed by atoms with Gasteiger partial charge in [-0.25, -0.2) is 10.4 Å². The molecule has 8 heteroatoms. The van der Waals surface area contributed by atoms with Gasteiger partial charge in [0.25, 0.3) is 5.91 Å². The largest absolute Gasteiger partial charge is 0.396 e. The van der Waals surface area contributed by atoms with Crippen molar-refractivity contribution in [2.45, 2.75) is 12.8 Å². The molecule has 0 aliphatic heterocycles. The Morgan fingerprint density at radius 2 is 1.91 bits per heavy atom. The van der Waals surface area contributed by atoms with Gasteiger partial charge >= 0.3 is 0 Å². The summed E-state index contributed by atoms with van der Waals surface area (Å²) >= 11 is 17.6. The van der Waals surface area contributed by atoms with Gasteiger partial charge in [0, 0.05) is 12.1 Å². The van der Waals surface area contributed by atoms with Gasteiger partial charge in [0.2, 0.25) is 0 Å². The molecule has 2 aromatic rings. The lowest BCUT2D eigenvalue weighted by Crippen LogP contribution is -2.20. The van der Waals surface area contributed by atoms with Crippen molar-refractivity contribution < 1.29 is 4.79 Å². The predicted molar refractivity (Wildman–Crippen MR) is 94.5 cm³/mol. The molecule has 0 aliphatic rings. The molecule has 0 aliphatic carbocycles. The Morgan fingerprint density at radius 3 is 2.57 bits per heavy atom. The van der Waals surface area contributed by atoms with Crippen LogP contribution in [0.3, 0.4) is 0 Å². The number of pyridine rings is 1. The molecule has 3 N–H and O–H groups in total. The van der Waals surface area contributed by atoms with E-state index < -0.39 is 5.91 Å². The molecule has 1 amide bonds. The fourth-order valence-corrected chi connectivity index (χ4v) is 2.38. The van der Waals surface area contributed by atoms with E-state index in [9.17, 15) is 4.79 Å². The third-order valence-electron chi connectivity index (χ3n) is 3.08. The lowest BCUT2D eigenvalue weighted by atomic mass is 10.0. The second kappa shape index (κ2) is 7.64. The van der Waals surface area contributed by atoms with Crippen molar-refractivity contribution in [3.05, 3.63) is 56.8 Å². The Balaban J connectivity index is 2.10. The minimum atomic E-state index is -0.628. The topological polar surface area (TPSA) is 80.4 Å². The molecule has 5 nitrogen and oxygen atoms in total. The quantitative estimate of drug-likeness (QED) is 0.481. The molecule has 1 heterocycles. The summed E-state index contributed by atoms with van der Waals surface area (Å²) in [6, 6.07) is 9.73. The van der Waals surface area contributed by atoms with Gasteiger partial charge in [0.15, 0.2) is 10.8 Å². The van der Waals surface area contributed by atoms with Gasteiger partial charge in [-0.15, -0.1) is 0 Å². The van der Waals surface area contributed by atoms with E-state index in [1.807, 2.05) is 37.3 Å². The average molecular weight is 372 g/mol. The summed E-state index contributed by atoms with van der Waals surface area (Å²) in [4.78, 5) is 15.9. The van der Waals surface area contributed by atoms with Crippen molar-refractivity contribution in [2.24, 2.45) is 5.10 Å². The lowest BCUT2D eigenvalue weighted by molar-refractivity contribution is 0.0950. The van der Waals surface area contributed by atoms with E-state index >= 15 is 0 Å². The zero-order chi connectivity index (χ0) is 17.0. The van der Waals surface area contributed by atoms with Crippen molar-refractivity contribution in [1.82, 2.24) is 10.4 Å². The summed E-state index contributed by atoms with van der Waals surface area (Å²) in [5.41, 5.74) is 8.94. The molecule has 120 valence electrons. The highest BCUT2D eigenvalue weighted by molar-refractivity contribution is 6.46. The highest BCUT2D eigenvalue weighted by atomic mass is 35.5. The van der Waals surface area contributed by atoms with Crippen LogP contribution in [0.15, 0.2) is 35.4 Å². The second-order valence-electron chi connectivity index (χ2n) is 4.71. The monoisotopic (exact) mass is 370 g/mol. The van der Waals surface area contributed by atoms with Crippen LogP contribution in [0.4, 0.5) is 5.69 Å². The Morgan fingerprint density at radius 1 is 1.26 bits per heavy atom. The third-order valence-corrected chi connectivity index (χ3v) is 4.21. The second-order valence-corrected chi connectivity index (χ2v) is 5.83. The summed E-state index contributed by atoms with van der Waals surface area (Å²) in [5, 5.41) is 3.75. The number of benzene rings is 1. The first kappa shape index (κ1) is 17.5. The van der Waals surface area contributed by atoms with Crippen molar-refractivity contribution in [2.75, 3.05) is 5.73 Å². The Hall–Kier alpha value is -1.82. The number of anilines is 1. The highest BCUT2D eigenvalue weighted by Crippen LogP contribution is 2.34. The number of amides is 1. The van der Waals surface area contributed by atoms with Crippen LogP contribution in [0.25, 0.3) is 0 Å². The third kappa shape index (κ3) is 4.13. The molecule has 1 aromatic heterocycles. The van der Waals surface area contributed by atoms with E-state index in [0.717, 1.165) is 5.56 Å². The molecule has 0 bridgehead atoms. The molecule has 0 spiro atoms. The molecular formula is C15H13Cl3N4O. The first-order valence-corrected chi connectivity index (χ1v) is 7.73. The number of nitrogen functional groups attached to an aromatic ring is 1. The van der Waals surface area contributed by atoms with E-state index in [4.69, 9.17) is 40.5 Å². The molecule has 0 unspecified atom stereocenters. The van der Waals surface area contributed by atoms with E-state index in [1.54, 1.807) is 6.21 Å². The number of rotatable bonds is 4. The Bertz CT molecular complexity index is 750. The molecule has 23 heavy (non-hydrogen) atoms. The van der Waals surface area contributed by atoms with Gasteiger partial charge in [-0.1, -0.05) is 72.1 Å². The number of nitrogens with two attached hydrogens (primary N) is 1. The first-order chi connectivity index (χ1) is 10.9. The molecule has 0 radical (unpaired) electrons. The predicted octanol–water partition coefficient (Wildman–Crippen LogP) is 4.14. The van der Waals surface area contributed by atoms with Crippen LogP contribution in [0.5, 0.6) is 0 Å². The van der Waals surface area contributed by atoms with Crippen LogP contribution in [0, 0.1) is 0 Å². The number of aromatic nitrogens is 1. The van der Waals surface area contributed by atoms with Crippen molar-refractivity contribution in [1.29, 1.82) is 0 Å². The molecular weight excluding hydrogens is 359 g/mol. The summed E-state index contributed by atoms with van der Waals surface area (Å²) in [6.45, 7) is 1.95. The fourth-order valence-electron chi connectivity index (χ4n) is 1.79. The molecule has 2 rings (SSSR count). The van der Waals surface area contributed by atoms with Gasteiger partial charge in [-0.05, 0) is 5.56 Å². The van der Waals surface area contributed by atoms with Gasteiger partial charge in [-0.2, -0.15) is 5.10 Å². The molecule has 1 aromatic carbocycles. The van der Waals surface area contributed by atoms with E-state index in [-0.39, 0.29) is 32.5 Å². The number of nitrogens with zero attached hydrogens (tertiary/aromatic N) is 2. The van der Waals surface area contributed by atoms with Crippen molar-refractivity contribution in [3.63, 3.8) is 0 Å². The Labute approximate surface area is 148 Å². The van der Waals surface area contributed by atoms with Crippen LogP contribution in [0.1, 0.15) is 28.9 Å². The zero-order valence-corrected chi connectivity index (χ0v) is 14.3. The first-order valence-electron chi connectivity index (χ1n) is 6.60. The van der Waals surface area contributed by atoms with Crippen molar-refractivity contribution in [3.8, 4) is 0 Å². The maximum absolute atomic E-state index is 12.1. The SMILES string of the molecule is C[C@@H](/C=N\NC(=O)c1nc(Cl)c(Cl)c(N)c1Cl)c1ccccc1. The minimum absolute atomic E-state index is 0.000108. The lowest BCUT2D eigenvalue weighted by Gasteiger charge is -2.08. The average Bonchev–Trinajstić information content (AvgIpc) is 2.56. The molecule has 0 saturated heterocycles. The number of hydrazone groups is 1. The summed E-state index contributed by atoms with van der Waals surface area (Å²) in [5.74, 6) is -0.601. The molecule has 1 atom stereocenters. The number of carbonyl (C=O) groups is 1. The number of hydrogen-bond donors (Lipinski definition) is 2. The van der Waals surface area contributed by atoms with E-state index in [0.29, 0.717) is 0 Å². The van der Waals surface area contributed by atoms with Gasteiger partial charge < -0.3 is 5.73 Å². The van der Waals surface area contributed by atoms with Gasteiger partial charge in [0.1, 0.15) is 5.02 Å². The minimum Gasteiger partial charge on any atom is -0.396 e. The number of halogens is 3. The van der Waals surface area contributed by atoms with Crippen LogP contribution in [-0.4, -0.2) is 17.1 Å². The van der Waals surface area contributed by atoms with Gasteiger partial charge in [0.05, 0.1) is 10.7 Å². The zero-order valence-electron chi connectivity index (χ0n) is 12.1. The summed E-state index contributed by atoms with van der Waals surface area (Å²) in [7, 11) is 0. The van der Waals surface area contributed by atoms with E-state index in [2.05, 4.69) is 15.5 Å². The maximum Gasteiger partial charge on any atom is 0.291 e. The van der Waals surface area contributed by atoms with Crippen LogP contribution in [0.2, 0.25) is 15.2 Å². The van der Waals surface area contributed by atoms with Crippen molar-refractivity contribution >= 4 is 52.6 Å². The maximum atomic E-state index is 12.1. The molecule has 0 fully saturated rings. The number of carbonyl (C=O) groups excluding carboxylic acids is 1. The summed E-state index contributed by atoms with van der Waals surface area (Å²) < 4.78 is 0. The normalized spacial score (nSPS) is 12.3. The fraction of sp³-hybridized carbons (Fsp3) is 0.133. The van der Waals surface area contributed by atoms with Crippen LogP contribution >= 0.6 is 34.8 Å².